The number of nitrogens with zero attached hydrogens (tertiary/aromatic N) is 1. The van der Waals surface area contributed by atoms with E-state index in [0.717, 1.165) is 17.8 Å². The van der Waals surface area contributed by atoms with Gasteiger partial charge in [-0.15, -0.1) is 0 Å². The molecule has 62 valence electrons. The van der Waals surface area contributed by atoms with Gasteiger partial charge in [0.05, 0.1) is 12.0 Å². The molecule has 0 fully saturated rings. The van der Waals surface area contributed by atoms with Crippen LogP contribution < -0.4 is 5.73 Å². The van der Waals surface area contributed by atoms with E-state index in [1.165, 1.54) is 0 Å². The Morgan fingerprint density at radius 3 is 3.00 bits per heavy atom. The van der Waals surface area contributed by atoms with Crippen molar-refractivity contribution in [1.82, 2.24) is 9.97 Å². The Morgan fingerprint density at radius 2 is 2.55 bits per heavy atom. The van der Waals surface area contributed by atoms with Crippen molar-refractivity contribution in [1.29, 1.82) is 0 Å². The van der Waals surface area contributed by atoms with Crippen LogP contribution in [-0.4, -0.2) is 16.5 Å². The van der Waals surface area contributed by atoms with E-state index in [0.29, 0.717) is 6.54 Å². The average molecular weight is 171 g/mol. The van der Waals surface area contributed by atoms with Crippen LogP contribution >= 0.6 is 12.6 Å². The number of aromatic amines is 1. The van der Waals surface area contributed by atoms with Gasteiger partial charge in [0.25, 0.3) is 0 Å². The van der Waals surface area contributed by atoms with Crippen molar-refractivity contribution in [3.63, 3.8) is 0 Å². The fraction of sp³-hybridized carbons (Fsp3) is 0.571. The summed E-state index contributed by atoms with van der Waals surface area (Å²) in [7, 11) is 0. The number of aryl methyl sites for hydroxylation is 1. The van der Waals surface area contributed by atoms with Crippen LogP contribution in [0.15, 0.2) is 6.33 Å². The molecule has 0 bridgehead atoms. The molecule has 1 unspecified atom stereocenters. The first-order valence-corrected chi connectivity index (χ1v) is 4.15. The standard InChI is InChI=1S/C7H13N3S/c1-5-7(10-4-9-5)6(11)2-3-8/h4,6,11H,2-3,8H2,1H3,(H,9,10). The Labute approximate surface area is 71.8 Å². The highest BCUT2D eigenvalue weighted by Crippen LogP contribution is 2.22. The van der Waals surface area contributed by atoms with Crippen molar-refractivity contribution in [2.24, 2.45) is 5.73 Å². The third-order valence-corrected chi connectivity index (χ3v) is 2.13. The molecule has 0 aliphatic heterocycles. The van der Waals surface area contributed by atoms with E-state index >= 15 is 0 Å². The largest absolute Gasteiger partial charge is 0.348 e. The minimum atomic E-state index is 0.172. The second kappa shape index (κ2) is 3.78. The molecule has 3 nitrogen and oxygen atoms in total. The maximum atomic E-state index is 5.40. The molecule has 0 radical (unpaired) electrons. The molecule has 0 aliphatic carbocycles. The number of aromatic nitrogens is 2. The van der Waals surface area contributed by atoms with Crippen LogP contribution in [0.3, 0.4) is 0 Å². The summed E-state index contributed by atoms with van der Waals surface area (Å²) >= 11 is 4.37. The molecule has 11 heavy (non-hydrogen) atoms. The summed E-state index contributed by atoms with van der Waals surface area (Å²) in [5, 5.41) is 0.172. The lowest BCUT2D eigenvalue weighted by Crippen LogP contribution is -2.04. The minimum Gasteiger partial charge on any atom is -0.348 e. The van der Waals surface area contributed by atoms with Crippen LogP contribution in [0.5, 0.6) is 0 Å². The first kappa shape index (κ1) is 8.62. The zero-order valence-corrected chi connectivity index (χ0v) is 7.44. The monoisotopic (exact) mass is 171 g/mol. The highest BCUT2D eigenvalue weighted by Gasteiger charge is 2.09. The van der Waals surface area contributed by atoms with Crippen molar-refractivity contribution in [2.45, 2.75) is 18.6 Å². The van der Waals surface area contributed by atoms with Gasteiger partial charge in [-0.3, -0.25) is 0 Å². The van der Waals surface area contributed by atoms with Gasteiger partial charge in [-0.1, -0.05) is 0 Å². The molecule has 0 saturated carbocycles. The molecule has 1 atom stereocenters. The molecule has 1 rings (SSSR count). The molecule has 3 N–H and O–H groups in total. The number of H-pyrrole nitrogens is 1. The SMILES string of the molecule is Cc1[nH]cnc1C(S)CCN. The Balaban J connectivity index is 2.67. The normalized spacial score (nSPS) is 13.4. The van der Waals surface area contributed by atoms with Crippen LogP contribution in [0.25, 0.3) is 0 Å². The number of thiol groups is 1. The maximum Gasteiger partial charge on any atom is 0.0925 e. The number of hydrogen-bond acceptors (Lipinski definition) is 3. The van der Waals surface area contributed by atoms with Crippen LogP contribution in [-0.2, 0) is 0 Å². The van der Waals surface area contributed by atoms with Crippen molar-refractivity contribution in [3.8, 4) is 0 Å². The summed E-state index contributed by atoms with van der Waals surface area (Å²) in [5.74, 6) is 0. The molecule has 0 aliphatic rings. The van der Waals surface area contributed by atoms with Gasteiger partial charge in [-0.25, -0.2) is 4.98 Å². The minimum absolute atomic E-state index is 0.172. The molecule has 4 heteroatoms. The number of rotatable bonds is 3. The first-order chi connectivity index (χ1) is 5.25. The molecule has 0 spiro atoms. The van der Waals surface area contributed by atoms with Crippen molar-refractivity contribution in [3.05, 3.63) is 17.7 Å². The number of nitrogens with two attached hydrogens (primary N) is 1. The van der Waals surface area contributed by atoms with Crippen LogP contribution in [0, 0.1) is 6.92 Å². The molecule has 1 aromatic heterocycles. The Bertz CT molecular complexity index is 221. The van der Waals surface area contributed by atoms with Gasteiger partial charge in [0, 0.05) is 10.9 Å². The zero-order chi connectivity index (χ0) is 8.27. The van der Waals surface area contributed by atoms with Gasteiger partial charge in [-0.2, -0.15) is 12.6 Å². The topological polar surface area (TPSA) is 54.7 Å². The zero-order valence-electron chi connectivity index (χ0n) is 6.54. The molecule has 1 aromatic rings. The van der Waals surface area contributed by atoms with E-state index in [4.69, 9.17) is 5.73 Å². The maximum absolute atomic E-state index is 5.40. The molecular formula is C7H13N3S. The Morgan fingerprint density at radius 1 is 1.82 bits per heavy atom. The van der Waals surface area contributed by atoms with Gasteiger partial charge in [0.1, 0.15) is 0 Å². The highest BCUT2D eigenvalue weighted by atomic mass is 32.1. The van der Waals surface area contributed by atoms with Crippen LogP contribution in [0.4, 0.5) is 0 Å². The highest BCUT2D eigenvalue weighted by molar-refractivity contribution is 7.80. The van der Waals surface area contributed by atoms with Gasteiger partial charge in [0.2, 0.25) is 0 Å². The van der Waals surface area contributed by atoms with Crippen LogP contribution in [0.2, 0.25) is 0 Å². The van der Waals surface area contributed by atoms with E-state index in [-0.39, 0.29) is 5.25 Å². The predicted molar refractivity (Wildman–Crippen MR) is 48.7 cm³/mol. The number of hydrogen-bond donors (Lipinski definition) is 3. The average Bonchev–Trinajstić information content (AvgIpc) is 2.36. The summed E-state index contributed by atoms with van der Waals surface area (Å²) in [6.07, 6.45) is 2.55. The third kappa shape index (κ3) is 1.97. The van der Waals surface area contributed by atoms with Gasteiger partial charge >= 0.3 is 0 Å². The molecule has 0 saturated heterocycles. The van der Waals surface area contributed by atoms with E-state index in [2.05, 4.69) is 22.6 Å². The smallest absolute Gasteiger partial charge is 0.0925 e. The first-order valence-electron chi connectivity index (χ1n) is 3.63. The lowest BCUT2D eigenvalue weighted by atomic mass is 10.2. The second-order valence-corrected chi connectivity index (χ2v) is 3.13. The summed E-state index contributed by atoms with van der Waals surface area (Å²) in [5.41, 5.74) is 7.49. The third-order valence-electron chi connectivity index (χ3n) is 1.62. The second-order valence-electron chi connectivity index (χ2n) is 2.51. The Kier molecular flexibility index (Phi) is 2.96. The Hall–Kier alpha value is -0.480. The fourth-order valence-electron chi connectivity index (χ4n) is 1.000. The van der Waals surface area contributed by atoms with Crippen molar-refractivity contribution in [2.75, 3.05) is 6.54 Å². The molecule has 0 aromatic carbocycles. The fourth-order valence-corrected chi connectivity index (χ4v) is 1.41. The number of nitrogens with one attached hydrogen (secondary N) is 1. The van der Waals surface area contributed by atoms with Gasteiger partial charge in [0.15, 0.2) is 0 Å². The predicted octanol–water partition coefficient (Wildman–Crippen LogP) is 1.04. The molecule has 1 heterocycles. The van der Waals surface area contributed by atoms with Crippen molar-refractivity contribution >= 4 is 12.6 Å². The van der Waals surface area contributed by atoms with Gasteiger partial charge < -0.3 is 10.7 Å². The summed E-state index contributed by atoms with van der Waals surface area (Å²) in [6.45, 7) is 2.64. The summed E-state index contributed by atoms with van der Waals surface area (Å²) in [6, 6.07) is 0. The van der Waals surface area contributed by atoms with E-state index in [1.54, 1.807) is 6.33 Å². The molecule has 0 amide bonds. The van der Waals surface area contributed by atoms with E-state index in [1.807, 2.05) is 6.92 Å². The molecular weight excluding hydrogens is 158 g/mol. The summed E-state index contributed by atoms with van der Waals surface area (Å²) < 4.78 is 0. The quantitative estimate of drug-likeness (QED) is 0.595. The lowest BCUT2D eigenvalue weighted by molar-refractivity contribution is 0.796. The van der Waals surface area contributed by atoms with Gasteiger partial charge in [-0.05, 0) is 19.9 Å². The lowest BCUT2D eigenvalue weighted by Gasteiger charge is -2.05. The summed E-state index contributed by atoms with van der Waals surface area (Å²) in [4.78, 5) is 7.15. The number of imidazole rings is 1. The van der Waals surface area contributed by atoms with E-state index in [9.17, 15) is 0 Å². The van der Waals surface area contributed by atoms with Crippen molar-refractivity contribution < 1.29 is 0 Å². The van der Waals surface area contributed by atoms with Crippen LogP contribution in [0.1, 0.15) is 23.1 Å². The van der Waals surface area contributed by atoms with E-state index < -0.39 is 0 Å².